The Morgan fingerprint density at radius 2 is 1.97 bits per heavy atom. The Hall–Kier alpha value is -2.41. The van der Waals surface area contributed by atoms with Gasteiger partial charge in [-0.25, -0.2) is 4.98 Å². The van der Waals surface area contributed by atoms with E-state index in [1.54, 1.807) is 6.20 Å². The molecule has 2 atom stereocenters. The summed E-state index contributed by atoms with van der Waals surface area (Å²) in [4.78, 5) is 19.6. The van der Waals surface area contributed by atoms with E-state index in [0.29, 0.717) is 43.5 Å². The second-order valence-electron chi connectivity index (χ2n) is 10.9. The molecule has 2 aromatic rings. The minimum Gasteiger partial charge on any atom is -0.474 e. The van der Waals surface area contributed by atoms with Crippen molar-refractivity contribution in [2.75, 3.05) is 13.1 Å². The zero-order valence-corrected chi connectivity index (χ0v) is 20.2. The van der Waals surface area contributed by atoms with Crippen molar-refractivity contribution in [2.45, 2.75) is 89.4 Å². The number of likely N-dealkylation sites (tertiary alicyclic amines) is 1. The molecule has 0 bridgehead atoms. The summed E-state index contributed by atoms with van der Waals surface area (Å²) in [5.41, 5.74) is 4.38. The maximum absolute atomic E-state index is 13.3. The van der Waals surface area contributed by atoms with Crippen LogP contribution in [-0.2, 0) is 13.0 Å². The molecule has 6 rings (SSSR count). The van der Waals surface area contributed by atoms with Crippen LogP contribution in [0, 0.1) is 18.8 Å². The predicted octanol–water partition coefficient (Wildman–Crippen LogP) is 3.87. The molecule has 1 amide bonds. The molecule has 0 radical (unpaired) electrons. The highest BCUT2D eigenvalue weighted by atomic mass is 16.5. The van der Waals surface area contributed by atoms with Crippen molar-refractivity contribution in [1.82, 2.24) is 19.7 Å². The third-order valence-corrected chi connectivity index (χ3v) is 8.58. The van der Waals surface area contributed by atoms with E-state index in [1.807, 2.05) is 24.0 Å². The Balaban J connectivity index is 1.07. The Bertz CT molecular complexity index is 1050. The standard InChI is InChI=1S/C27H36N4O3/c1-17-3-2-11-28-26(17)34-21-6-4-18(5-7-21)8-14-31-23-16-19-15-22(19)24(23)25(29-31)27(33)30-12-9-20(32)10-13-30/h2-3,11,18-22,32H,4-10,12-16H2,1H3/t18-,19-,21+,22-/m1/s1. The normalized spacial score (nSPS) is 28.5. The largest absolute Gasteiger partial charge is 0.474 e. The SMILES string of the molecule is Cc1cccnc1O[C@H]1CC[C@@H](CCn2nc(C(=O)N3CCC(O)CC3)c3c2C[C@H]2C[C@@H]32)CC1. The van der Waals surface area contributed by atoms with E-state index in [-0.39, 0.29) is 18.1 Å². The van der Waals surface area contributed by atoms with Gasteiger partial charge in [0, 0.05) is 42.7 Å². The molecule has 7 nitrogen and oxygen atoms in total. The van der Waals surface area contributed by atoms with Crippen LogP contribution in [0.15, 0.2) is 18.3 Å². The molecular weight excluding hydrogens is 428 g/mol. The van der Waals surface area contributed by atoms with Crippen molar-refractivity contribution in [1.29, 1.82) is 0 Å². The van der Waals surface area contributed by atoms with Gasteiger partial charge in [-0.2, -0.15) is 5.10 Å². The first-order valence-electron chi connectivity index (χ1n) is 13.2. The lowest BCUT2D eigenvalue weighted by atomic mass is 9.85. The fourth-order valence-electron chi connectivity index (χ4n) is 6.35. The molecule has 4 aliphatic rings. The number of aromatic nitrogens is 3. The summed E-state index contributed by atoms with van der Waals surface area (Å²) in [6, 6.07) is 4.00. The number of rotatable bonds is 6. The molecule has 0 unspecified atom stereocenters. The molecule has 3 aliphatic carbocycles. The second-order valence-corrected chi connectivity index (χ2v) is 10.9. The van der Waals surface area contributed by atoms with Gasteiger partial charge in [-0.3, -0.25) is 9.48 Å². The maximum Gasteiger partial charge on any atom is 0.274 e. The summed E-state index contributed by atoms with van der Waals surface area (Å²) < 4.78 is 8.36. The van der Waals surface area contributed by atoms with Crippen LogP contribution in [0.3, 0.4) is 0 Å². The molecule has 1 aliphatic heterocycles. The van der Waals surface area contributed by atoms with Crippen LogP contribution in [-0.4, -0.2) is 56.0 Å². The van der Waals surface area contributed by atoms with Crippen LogP contribution in [0.4, 0.5) is 0 Å². The summed E-state index contributed by atoms with van der Waals surface area (Å²) in [6.45, 7) is 4.23. The lowest BCUT2D eigenvalue weighted by Gasteiger charge is -2.29. The first kappa shape index (κ1) is 22.1. The van der Waals surface area contributed by atoms with E-state index in [9.17, 15) is 9.90 Å². The molecule has 3 fully saturated rings. The van der Waals surface area contributed by atoms with Gasteiger partial charge in [-0.05, 0) is 88.5 Å². The molecule has 2 saturated carbocycles. The number of carbonyl (C=O) groups excluding carboxylic acids is 1. The zero-order valence-electron chi connectivity index (χ0n) is 20.2. The van der Waals surface area contributed by atoms with Crippen molar-refractivity contribution in [3.05, 3.63) is 40.8 Å². The number of fused-ring (bicyclic) bond motifs is 3. The van der Waals surface area contributed by atoms with Gasteiger partial charge in [0.05, 0.1) is 6.10 Å². The number of aliphatic hydroxyl groups is 1. The van der Waals surface area contributed by atoms with Crippen LogP contribution in [0.25, 0.3) is 0 Å². The van der Waals surface area contributed by atoms with Crippen molar-refractivity contribution >= 4 is 5.91 Å². The Kier molecular flexibility index (Phi) is 5.84. The first-order valence-corrected chi connectivity index (χ1v) is 13.2. The Morgan fingerprint density at radius 1 is 1.18 bits per heavy atom. The highest BCUT2D eigenvalue weighted by Crippen LogP contribution is 2.57. The highest BCUT2D eigenvalue weighted by molar-refractivity contribution is 5.94. The number of hydrogen-bond acceptors (Lipinski definition) is 5. The summed E-state index contributed by atoms with van der Waals surface area (Å²) in [6.07, 6.45) is 11.1. The predicted molar refractivity (Wildman–Crippen MR) is 128 cm³/mol. The number of piperidine rings is 1. The minimum atomic E-state index is -0.270. The lowest BCUT2D eigenvalue weighted by Crippen LogP contribution is -2.40. The summed E-state index contributed by atoms with van der Waals surface area (Å²) in [7, 11) is 0. The quantitative estimate of drug-likeness (QED) is 0.702. The van der Waals surface area contributed by atoms with Gasteiger partial charge in [-0.15, -0.1) is 0 Å². The zero-order chi connectivity index (χ0) is 23.2. The van der Waals surface area contributed by atoms with Gasteiger partial charge in [0.1, 0.15) is 6.10 Å². The van der Waals surface area contributed by atoms with E-state index < -0.39 is 0 Å². The van der Waals surface area contributed by atoms with Gasteiger partial charge in [0.25, 0.3) is 5.91 Å². The van der Waals surface area contributed by atoms with Gasteiger partial charge < -0.3 is 14.7 Å². The molecule has 3 heterocycles. The second kappa shape index (κ2) is 8.99. The molecule has 0 aromatic carbocycles. The lowest BCUT2D eigenvalue weighted by molar-refractivity contribution is 0.0539. The molecule has 2 aromatic heterocycles. The molecule has 34 heavy (non-hydrogen) atoms. The van der Waals surface area contributed by atoms with Crippen LogP contribution >= 0.6 is 0 Å². The fourth-order valence-corrected chi connectivity index (χ4v) is 6.35. The molecule has 182 valence electrons. The summed E-state index contributed by atoms with van der Waals surface area (Å²) >= 11 is 0. The molecule has 1 N–H and O–H groups in total. The highest BCUT2D eigenvalue weighted by Gasteiger charge is 2.50. The number of aliphatic hydroxyl groups excluding tert-OH is 1. The Morgan fingerprint density at radius 3 is 2.74 bits per heavy atom. The number of hydrogen-bond donors (Lipinski definition) is 1. The smallest absolute Gasteiger partial charge is 0.274 e. The van der Waals surface area contributed by atoms with Crippen molar-refractivity contribution < 1.29 is 14.6 Å². The molecule has 7 heteroatoms. The topological polar surface area (TPSA) is 80.5 Å². The minimum absolute atomic E-state index is 0.0805. The maximum atomic E-state index is 13.3. The monoisotopic (exact) mass is 464 g/mol. The number of pyridine rings is 1. The number of amides is 1. The van der Waals surface area contributed by atoms with E-state index in [2.05, 4.69) is 9.67 Å². The van der Waals surface area contributed by atoms with Gasteiger partial charge in [-0.1, -0.05) is 6.07 Å². The van der Waals surface area contributed by atoms with Gasteiger partial charge in [0.2, 0.25) is 5.88 Å². The van der Waals surface area contributed by atoms with E-state index in [4.69, 9.17) is 9.84 Å². The van der Waals surface area contributed by atoms with Crippen LogP contribution in [0.2, 0.25) is 0 Å². The van der Waals surface area contributed by atoms with Crippen LogP contribution in [0.5, 0.6) is 5.88 Å². The van der Waals surface area contributed by atoms with E-state index in [1.165, 1.54) is 30.5 Å². The Labute approximate surface area is 201 Å². The van der Waals surface area contributed by atoms with Gasteiger partial charge >= 0.3 is 0 Å². The van der Waals surface area contributed by atoms with Crippen LogP contribution in [0.1, 0.15) is 84.6 Å². The number of ether oxygens (including phenoxy) is 1. The third-order valence-electron chi connectivity index (χ3n) is 8.58. The number of nitrogens with zero attached hydrogens (tertiary/aromatic N) is 4. The molecular formula is C27H36N4O3. The van der Waals surface area contributed by atoms with Gasteiger partial charge in [0.15, 0.2) is 5.69 Å². The average molecular weight is 465 g/mol. The first-order chi connectivity index (χ1) is 16.6. The summed E-state index contributed by atoms with van der Waals surface area (Å²) in [5, 5.41) is 14.7. The fraction of sp³-hybridized carbons (Fsp3) is 0.667. The van der Waals surface area contributed by atoms with Crippen molar-refractivity contribution in [3.8, 4) is 5.88 Å². The van der Waals surface area contributed by atoms with Crippen molar-refractivity contribution in [2.24, 2.45) is 11.8 Å². The molecule has 0 spiro atoms. The summed E-state index contributed by atoms with van der Waals surface area (Å²) in [5.74, 6) is 2.83. The third kappa shape index (κ3) is 4.23. The van der Waals surface area contributed by atoms with Crippen molar-refractivity contribution in [3.63, 3.8) is 0 Å². The van der Waals surface area contributed by atoms with E-state index in [0.717, 1.165) is 49.6 Å². The van der Waals surface area contributed by atoms with Crippen LogP contribution < -0.4 is 4.74 Å². The number of aryl methyl sites for hydroxylation is 2. The average Bonchev–Trinajstić information content (AvgIpc) is 3.37. The molecule has 1 saturated heterocycles. The number of carbonyl (C=O) groups is 1. The van der Waals surface area contributed by atoms with E-state index >= 15 is 0 Å².